The molecule has 7 heteroatoms. The maximum absolute atomic E-state index is 12.1. The number of rotatable bonds is 8. The van der Waals surface area contributed by atoms with Gasteiger partial charge in [-0.2, -0.15) is 0 Å². The lowest BCUT2D eigenvalue weighted by atomic mass is 10.0. The first-order chi connectivity index (χ1) is 9.62. The summed E-state index contributed by atoms with van der Waals surface area (Å²) < 4.78 is 9.64. The van der Waals surface area contributed by atoms with E-state index in [9.17, 15) is 9.59 Å². The number of aliphatic hydroxyl groups excluding tert-OH is 1. The van der Waals surface area contributed by atoms with E-state index in [4.69, 9.17) is 9.84 Å². The number of nitrogens with one attached hydrogen (secondary N) is 1. The second-order valence-corrected chi connectivity index (χ2v) is 4.11. The molecule has 21 heavy (non-hydrogen) atoms. The summed E-state index contributed by atoms with van der Waals surface area (Å²) >= 11 is 0. The number of aliphatic hydroxyl groups is 1. The summed E-state index contributed by atoms with van der Waals surface area (Å²) in [5.41, 5.74) is 0.491. The molecule has 1 unspecified atom stereocenters. The number of halogens is 1. The number of methoxy groups -OCH3 is 2. The van der Waals surface area contributed by atoms with E-state index in [1.54, 1.807) is 31.4 Å². The third-order valence-corrected chi connectivity index (χ3v) is 2.79. The molecule has 0 aliphatic heterocycles. The molecule has 0 bridgehead atoms. The Hall–Kier alpha value is -1.63. The van der Waals surface area contributed by atoms with E-state index in [1.165, 1.54) is 7.11 Å². The molecule has 0 aliphatic rings. The van der Waals surface area contributed by atoms with E-state index in [0.717, 1.165) is 0 Å². The summed E-state index contributed by atoms with van der Waals surface area (Å²) in [6, 6.07) is 5.88. The molecule has 118 valence electrons. The van der Waals surface area contributed by atoms with Crippen molar-refractivity contribution >= 4 is 24.2 Å². The van der Waals surface area contributed by atoms with E-state index in [-0.39, 0.29) is 37.8 Å². The van der Waals surface area contributed by atoms with E-state index in [1.807, 2.05) is 0 Å². The van der Waals surface area contributed by atoms with Crippen LogP contribution in [0.2, 0.25) is 0 Å². The molecular weight excluding hydrogens is 298 g/mol. The van der Waals surface area contributed by atoms with Crippen LogP contribution in [0.4, 0.5) is 0 Å². The van der Waals surface area contributed by atoms with Crippen molar-refractivity contribution in [1.29, 1.82) is 0 Å². The summed E-state index contributed by atoms with van der Waals surface area (Å²) in [4.78, 5) is 23.6. The zero-order chi connectivity index (χ0) is 15.0. The number of hydrogen-bond donors (Lipinski definition) is 2. The van der Waals surface area contributed by atoms with Crippen molar-refractivity contribution < 1.29 is 24.2 Å². The van der Waals surface area contributed by atoms with Crippen LogP contribution in [-0.4, -0.2) is 50.3 Å². The second kappa shape index (κ2) is 10.1. The van der Waals surface area contributed by atoms with Crippen molar-refractivity contribution in [2.45, 2.75) is 12.5 Å². The highest BCUT2D eigenvalue weighted by Crippen LogP contribution is 2.13. The molecule has 0 heterocycles. The Bertz CT molecular complexity index is 449. The van der Waals surface area contributed by atoms with Crippen LogP contribution in [0.5, 0.6) is 5.75 Å². The highest BCUT2D eigenvalue weighted by molar-refractivity contribution is 5.99. The Labute approximate surface area is 129 Å². The average molecular weight is 318 g/mol. The number of ketones is 1. The maximum Gasteiger partial charge on any atom is 0.323 e. The molecule has 1 aromatic rings. The lowest BCUT2D eigenvalue weighted by Gasteiger charge is -2.15. The number of carbonyl (C=O) groups excluding carboxylic acids is 2. The molecule has 0 amide bonds. The molecule has 0 aromatic heterocycles. The van der Waals surface area contributed by atoms with Crippen LogP contribution in [0.3, 0.4) is 0 Å². The molecule has 1 aromatic carbocycles. The summed E-state index contributed by atoms with van der Waals surface area (Å²) in [7, 11) is 2.80. The maximum atomic E-state index is 12.1. The van der Waals surface area contributed by atoms with Crippen LogP contribution in [0.1, 0.15) is 16.8 Å². The number of carbonyl (C=O) groups is 2. The first kappa shape index (κ1) is 19.4. The largest absolute Gasteiger partial charge is 0.497 e. The molecule has 0 fully saturated rings. The van der Waals surface area contributed by atoms with Crippen LogP contribution in [-0.2, 0) is 9.53 Å². The van der Waals surface area contributed by atoms with Gasteiger partial charge >= 0.3 is 5.97 Å². The van der Waals surface area contributed by atoms with Crippen molar-refractivity contribution in [3.63, 3.8) is 0 Å². The third-order valence-electron chi connectivity index (χ3n) is 2.79. The standard InChI is InChI=1S/C14H19NO5.ClH/c1-19-11-5-3-10(4-6-11)13(17)9-12(14(18)20-2)15-7-8-16;/h3-6,12,15-16H,7-9H2,1-2H3;1H. The van der Waals surface area contributed by atoms with E-state index >= 15 is 0 Å². The highest BCUT2D eigenvalue weighted by atomic mass is 35.5. The summed E-state index contributed by atoms with van der Waals surface area (Å²) in [5, 5.41) is 11.5. The predicted octanol–water partition coefficient (Wildman–Crippen LogP) is 0.813. The minimum atomic E-state index is -0.762. The first-order valence-electron chi connectivity index (χ1n) is 6.21. The van der Waals surface area contributed by atoms with Crippen LogP contribution >= 0.6 is 12.4 Å². The smallest absolute Gasteiger partial charge is 0.323 e. The van der Waals surface area contributed by atoms with E-state index in [2.05, 4.69) is 10.1 Å². The fourth-order valence-electron chi connectivity index (χ4n) is 1.70. The van der Waals surface area contributed by atoms with Crippen LogP contribution < -0.4 is 10.1 Å². The lowest BCUT2D eigenvalue weighted by molar-refractivity contribution is -0.143. The zero-order valence-corrected chi connectivity index (χ0v) is 12.8. The van der Waals surface area contributed by atoms with Gasteiger partial charge in [0, 0.05) is 18.5 Å². The Morgan fingerprint density at radius 2 is 1.86 bits per heavy atom. The van der Waals surface area contributed by atoms with Crippen LogP contribution in [0, 0.1) is 0 Å². The normalized spacial score (nSPS) is 11.2. The zero-order valence-electron chi connectivity index (χ0n) is 12.0. The van der Waals surface area contributed by atoms with Gasteiger partial charge in [-0.1, -0.05) is 0 Å². The molecule has 0 radical (unpaired) electrons. The van der Waals surface area contributed by atoms with E-state index < -0.39 is 12.0 Å². The summed E-state index contributed by atoms with van der Waals surface area (Å²) in [6.07, 6.45) is -0.0288. The number of Topliss-reactive ketones (excluding diaryl/α,β-unsaturated/α-hetero) is 1. The minimum Gasteiger partial charge on any atom is -0.497 e. The van der Waals surface area contributed by atoms with Crippen molar-refractivity contribution in [3.8, 4) is 5.75 Å². The molecule has 6 nitrogen and oxygen atoms in total. The quantitative estimate of drug-likeness (QED) is 0.545. The fraction of sp³-hybridized carbons (Fsp3) is 0.429. The first-order valence-corrected chi connectivity index (χ1v) is 6.21. The topological polar surface area (TPSA) is 84.9 Å². The monoisotopic (exact) mass is 317 g/mol. The fourth-order valence-corrected chi connectivity index (χ4v) is 1.70. The molecule has 0 aliphatic carbocycles. The van der Waals surface area contributed by atoms with Crippen molar-refractivity contribution in [2.24, 2.45) is 0 Å². The molecule has 2 N–H and O–H groups in total. The van der Waals surface area contributed by atoms with Crippen LogP contribution in [0.15, 0.2) is 24.3 Å². The van der Waals surface area contributed by atoms with Crippen molar-refractivity contribution in [3.05, 3.63) is 29.8 Å². The van der Waals surface area contributed by atoms with Gasteiger partial charge in [0.2, 0.25) is 0 Å². The van der Waals surface area contributed by atoms with E-state index in [0.29, 0.717) is 11.3 Å². The molecule has 0 spiro atoms. The third kappa shape index (κ3) is 6.12. The Balaban J connectivity index is 0.00000400. The Kier molecular flexibility index (Phi) is 9.36. The van der Waals surface area contributed by atoms with Gasteiger partial charge < -0.3 is 19.9 Å². The van der Waals surface area contributed by atoms with Gasteiger partial charge in [-0.3, -0.25) is 9.59 Å². The van der Waals surface area contributed by atoms with Gasteiger partial charge in [0.05, 0.1) is 20.8 Å². The molecule has 1 atom stereocenters. The summed E-state index contributed by atoms with van der Waals surface area (Å²) in [5.74, 6) is -0.0572. The number of hydrogen-bond acceptors (Lipinski definition) is 6. The van der Waals surface area contributed by atoms with Gasteiger partial charge in [0.25, 0.3) is 0 Å². The SMILES string of the molecule is COC(=O)C(CC(=O)c1ccc(OC)cc1)NCCO.Cl. The van der Waals surface area contributed by atoms with Gasteiger partial charge in [0.15, 0.2) is 5.78 Å². The van der Waals surface area contributed by atoms with Gasteiger partial charge in [-0.15, -0.1) is 12.4 Å². The second-order valence-electron chi connectivity index (χ2n) is 4.11. The average Bonchev–Trinajstić information content (AvgIpc) is 2.50. The molecule has 0 saturated heterocycles. The lowest BCUT2D eigenvalue weighted by Crippen LogP contribution is -2.40. The van der Waals surface area contributed by atoms with Crippen LogP contribution in [0.25, 0.3) is 0 Å². The molecule has 1 rings (SSSR count). The Morgan fingerprint density at radius 1 is 1.24 bits per heavy atom. The number of esters is 1. The van der Waals surface area contributed by atoms with Gasteiger partial charge in [-0.25, -0.2) is 0 Å². The minimum absolute atomic E-state index is 0. The highest BCUT2D eigenvalue weighted by Gasteiger charge is 2.22. The van der Waals surface area contributed by atoms with Gasteiger partial charge in [-0.05, 0) is 24.3 Å². The summed E-state index contributed by atoms with van der Waals surface area (Å²) in [6.45, 7) is 0.0971. The van der Waals surface area contributed by atoms with Crippen molar-refractivity contribution in [1.82, 2.24) is 5.32 Å². The molecular formula is C14H20ClNO5. The number of ether oxygens (including phenoxy) is 2. The number of benzene rings is 1. The predicted molar refractivity (Wildman–Crippen MR) is 80.1 cm³/mol. The Morgan fingerprint density at radius 3 is 2.33 bits per heavy atom. The van der Waals surface area contributed by atoms with Crippen molar-refractivity contribution in [2.75, 3.05) is 27.4 Å². The van der Waals surface area contributed by atoms with Gasteiger partial charge in [0.1, 0.15) is 11.8 Å². The molecule has 0 saturated carbocycles.